The molecule has 1 atom stereocenters. The van der Waals surface area contributed by atoms with Crippen molar-refractivity contribution < 1.29 is 4.74 Å². The van der Waals surface area contributed by atoms with Crippen molar-refractivity contribution in [1.82, 2.24) is 4.90 Å². The molecule has 1 aliphatic rings. The smallest absolute Gasteiger partial charge is 0.0666 e. The molecule has 1 rings (SSSR count). The third-order valence-electron chi connectivity index (χ3n) is 3.65. The topological polar surface area (TPSA) is 36.3 Å². The number of nitriles is 1. The molecule has 0 N–H and O–H groups in total. The zero-order valence-electron chi connectivity index (χ0n) is 11.0. The Morgan fingerprint density at radius 2 is 2.12 bits per heavy atom. The van der Waals surface area contributed by atoms with E-state index in [1.54, 1.807) is 0 Å². The van der Waals surface area contributed by atoms with Gasteiger partial charge in [-0.1, -0.05) is 6.92 Å². The third-order valence-corrected chi connectivity index (χ3v) is 4.32. The van der Waals surface area contributed by atoms with E-state index in [2.05, 4.69) is 30.5 Å². The molecule has 0 radical (unpaired) electrons. The highest BCUT2D eigenvalue weighted by molar-refractivity contribution is 7.80. The van der Waals surface area contributed by atoms with Gasteiger partial charge in [0, 0.05) is 26.3 Å². The Bertz CT molecular complexity index is 259. The molecule has 0 aromatic rings. The van der Waals surface area contributed by atoms with Gasteiger partial charge >= 0.3 is 0 Å². The molecule has 3 nitrogen and oxygen atoms in total. The van der Waals surface area contributed by atoms with Crippen LogP contribution in [0.5, 0.6) is 0 Å². The summed E-state index contributed by atoms with van der Waals surface area (Å²) in [5.41, 5.74) is 0.284. The monoisotopic (exact) mass is 256 g/mol. The Morgan fingerprint density at radius 3 is 2.59 bits per heavy atom. The molecule has 1 heterocycles. The van der Waals surface area contributed by atoms with Gasteiger partial charge in [-0.25, -0.2) is 0 Å². The molecular weight excluding hydrogens is 232 g/mol. The maximum atomic E-state index is 8.89. The van der Waals surface area contributed by atoms with Gasteiger partial charge in [0.05, 0.1) is 12.0 Å². The fourth-order valence-corrected chi connectivity index (χ4v) is 2.79. The van der Waals surface area contributed by atoms with Crippen LogP contribution in [0.1, 0.15) is 26.7 Å². The predicted molar refractivity (Wildman–Crippen MR) is 73.2 cm³/mol. The van der Waals surface area contributed by atoms with Crippen LogP contribution in [0.2, 0.25) is 0 Å². The second-order valence-electron chi connectivity index (χ2n) is 5.13. The molecule has 98 valence electrons. The molecule has 17 heavy (non-hydrogen) atoms. The number of ether oxygens (including phenoxy) is 1. The number of hydrogen-bond donors (Lipinski definition) is 1. The first kappa shape index (κ1) is 14.8. The van der Waals surface area contributed by atoms with E-state index in [0.717, 1.165) is 51.4 Å². The fraction of sp³-hybridized carbons (Fsp3) is 0.923. The molecule has 4 heteroatoms. The van der Waals surface area contributed by atoms with Crippen molar-refractivity contribution in [3.8, 4) is 6.07 Å². The summed E-state index contributed by atoms with van der Waals surface area (Å²) in [4.78, 5) is 2.38. The standard InChI is InChI=1S/C13H24N2OS/c1-3-15(9-12(2)8-14)10-13(11-17)4-6-16-7-5-13/h12,17H,3-7,9-11H2,1-2H3. The summed E-state index contributed by atoms with van der Waals surface area (Å²) < 4.78 is 5.44. The van der Waals surface area contributed by atoms with Gasteiger partial charge in [-0.15, -0.1) is 0 Å². The van der Waals surface area contributed by atoms with Crippen molar-refractivity contribution in [1.29, 1.82) is 5.26 Å². The van der Waals surface area contributed by atoms with Crippen LogP contribution in [0, 0.1) is 22.7 Å². The number of thiol groups is 1. The van der Waals surface area contributed by atoms with E-state index in [1.807, 2.05) is 6.92 Å². The first-order chi connectivity index (χ1) is 8.15. The summed E-state index contributed by atoms with van der Waals surface area (Å²) in [5.74, 6) is 1.01. The van der Waals surface area contributed by atoms with Gasteiger partial charge in [-0.05, 0) is 37.5 Å². The van der Waals surface area contributed by atoms with Gasteiger partial charge in [0.25, 0.3) is 0 Å². The maximum Gasteiger partial charge on any atom is 0.0666 e. The van der Waals surface area contributed by atoms with Crippen LogP contribution >= 0.6 is 12.6 Å². The molecule has 0 amide bonds. The van der Waals surface area contributed by atoms with Crippen LogP contribution in [0.3, 0.4) is 0 Å². The summed E-state index contributed by atoms with van der Waals surface area (Å²) in [7, 11) is 0. The van der Waals surface area contributed by atoms with Gasteiger partial charge < -0.3 is 9.64 Å². The lowest BCUT2D eigenvalue weighted by molar-refractivity contribution is 0.00746. The molecule has 1 saturated heterocycles. The Morgan fingerprint density at radius 1 is 1.47 bits per heavy atom. The minimum Gasteiger partial charge on any atom is -0.381 e. The first-order valence-electron chi connectivity index (χ1n) is 6.46. The highest BCUT2D eigenvalue weighted by Gasteiger charge is 2.33. The molecule has 0 aromatic heterocycles. The maximum absolute atomic E-state index is 8.89. The lowest BCUT2D eigenvalue weighted by Gasteiger charge is -2.40. The van der Waals surface area contributed by atoms with Crippen LogP contribution in [0.25, 0.3) is 0 Å². The SMILES string of the molecule is CCN(CC(C)C#N)CC1(CS)CCOCC1. The molecule has 1 unspecified atom stereocenters. The number of rotatable bonds is 6. The highest BCUT2D eigenvalue weighted by Crippen LogP contribution is 2.32. The minimum atomic E-state index is 0.103. The molecule has 1 aliphatic heterocycles. The van der Waals surface area contributed by atoms with E-state index in [0.29, 0.717) is 0 Å². The van der Waals surface area contributed by atoms with Crippen LogP contribution in [-0.4, -0.2) is 43.5 Å². The lowest BCUT2D eigenvalue weighted by atomic mass is 9.81. The third kappa shape index (κ3) is 4.50. The zero-order valence-corrected chi connectivity index (χ0v) is 11.9. The van der Waals surface area contributed by atoms with Crippen LogP contribution in [0.4, 0.5) is 0 Å². The van der Waals surface area contributed by atoms with E-state index in [4.69, 9.17) is 10.00 Å². The van der Waals surface area contributed by atoms with Gasteiger partial charge in [0.1, 0.15) is 0 Å². The van der Waals surface area contributed by atoms with E-state index in [1.165, 1.54) is 0 Å². The quantitative estimate of drug-likeness (QED) is 0.740. The van der Waals surface area contributed by atoms with Crippen molar-refractivity contribution in [3.63, 3.8) is 0 Å². The van der Waals surface area contributed by atoms with Crippen LogP contribution in [0.15, 0.2) is 0 Å². The molecule has 0 aliphatic carbocycles. The molecule has 0 aromatic carbocycles. The normalized spacial score (nSPS) is 21.1. The average Bonchev–Trinajstić information content (AvgIpc) is 2.38. The summed E-state index contributed by atoms with van der Waals surface area (Å²) in [6, 6.07) is 2.31. The second-order valence-corrected chi connectivity index (χ2v) is 5.44. The summed E-state index contributed by atoms with van der Waals surface area (Å²) in [6.07, 6.45) is 2.18. The Hall–Kier alpha value is -0.240. The molecule has 0 spiro atoms. The molecular formula is C13H24N2OS. The Kier molecular flexibility index (Phi) is 6.32. The van der Waals surface area contributed by atoms with E-state index < -0.39 is 0 Å². The largest absolute Gasteiger partial charge is 0.381 e. The molecule has 0 saturated carbocycles. The van der Waals surface area contributed by atoms with Gasteiger partial charge in [0.2, 0.25) is 0 Å². The number of nitrogens with zero attached hydrogens (tertiary/aromatic N) is 2. The van der Waals surface area contributed by atoms with Gasteiger partial charge in [0.15, 0.2) is 0 Å². The number of hydrogen-bond acceptors (Lipinski definition) is 4. The van der Waals surface area contributed by atoms with Gasteiger partial charge in [-0.3, -0.25) is 0 Å². The van der Waals surface area contributed by atoms with Crippen molar-refractivity contribution in [2.24, 2.45) is 11.3 Å². The summed E-state index contributed by atoms with van der Waals surface area (Å²) >= 11 is 4.53. The highest BCUT2D eigenvalue weighted by atomic mass is 32.1. The van der Waals surface area contributed by atoms with Crippen LogP contribution in [-0.2, 0) is 4.74 Å². The fourth-order valence-electron chi connectivity index (χ4n) is 2.38. The van der Waals surface area contributed by atoms with Crippen molar-refractivity contribution in [2.45, 2.75) is 26.7 Å². The first-order valence-corrected chi connectivity index (χ1v) is 7.09. The van der Waals surface area contributed by atoms with Crippen molar-refractivity contribution in [2.75, 3.05) is 38.6 Å². The average molecular weight is 256 g/mol. The van der Waals surface area contributed by atoms with E-state index >= 15 is 0 Å². The van der Waals surface area contributed by atoms with Crippen molar-refractivity contribution >= 4 is 12.6 Å². The van der Waals surface area contributed by atoms with Crippen LogP contribution < -0.4 is 0 Å². The van der Waals surface area contributed by atoms with Gasteiger partial charge in [-0.2, -0.15) is 17.9 Å². The summed E-state index contributed by atoms with van der Waals surface area (Å²) in [5, 5.41) is 8.89. The minimum absolute atomic E-state index is 0.103. The molecule has 0 bridgehead atoms. The lowest BCUT2D eigenvalue weighted by Crippen LogP contribution is -2.44. The Balaban J connectivity index is 2.55. The molecule has 1 fully saturated rings. The van der Waals surface area contributed by atoms with E-state index in [-0.39, 0.29) is 11.3 Å². The zero-order chi connectivity index (χ0) is 12.7. The summed E-state index contributed by atoms with van der Waals surface area (Å²) in [6.45, 7) is 8.77. The predicted octanol–water partition coefficient (Wildman–Crippen LogP) is 2.19. The van der Waals surface area contributed by atoms with Crippen molar-refractivity contribution in [3.05, 3.63) is 0 Å². The van der Waals surface area contributed by atoms with E-state index in [9.17, 15) is 0 Å². The Labute approximate surface area is 111 Å². The second kappa shape index (κ2) is 7.25.